The molecule has 0 bridgehead atoms. The number of hydrogen-bond donors (Lipinski definition) is 0. The van der Waals surface area contributed by atoms with Crippen LogP contribution in [0.2, 0.25) is 0 Å². The third-order valence-corrected chi connectivity index (χ3v) is 3.85. The molecule has 0 atom stereocenters. The van der Waals surface area contributed by atoms with E-state index in [1.54, 1.807) is 0 Å². The average molecular weight is 298 g/mol. The molecule has 17 heavy (non-hydrogen) atoms. The van der Waals surface area contributed by atoms with Crippen LogP contribution in [0.4, 0.5) is 0 Å². The van der Waals surface area contributed by atoms with Gasteiger partial charge < -0.3 is 9.64 Å². The smallest absolute Gasteiger partial charge is 0.254 e. The van der Waals surface area contributed by atoms with Crippen LogP contribution in [-0.4, -0.2) is 37.1 Å². The van der Waals surface area contributed by atoms with E-state index in [-0.39, 0.29) is 5.91 Å². The Morgan fingerprint density at radius 1 is 1.35 bits per heavy atom. The fourth-order valence-corrected chi connectivity index (χ4v) is 2.52. The Labute approximate surface area is 110 Å². The highest BCUT2D eigenvalue weighted by Crippen LogP contribution is 2.20. The Bertz CT molecular complexity index is 402. The van der Waals surface area contributed by atoms with E-state index in [0.717, 1.165) is 36.1 Å². The number of hydrogen-bond acceptors (Lipinski definition) is 2. The molecular weight excluding hydrogens is 282 g/mol. The fourth-order valence-electron chi connectivity index (χ4n) is 2.06. The monoisotopic (exact) mass is 297 g/mol. The van der Waals surface area contributed by atoms with Gasteiger partial charge in [0, 0.05) is 30.8 Å². The molecule has 3 nitrogen and oxygen atoms in total. The Balaban J connectivity index is 2.11. The van der Waals surface area contributed by atoms with Gasteiger partial charge in [-0.2, -0.15) is 0 Å². The molecule has 1 aromatic rings. The molecule has 1 heterocycles. The van der Waals surface area contributed by atoms with Gasteiger partial charge in [0.15, 0.2) is 0 Å². The van der Waals surface area contributed by atoms with Gasteiger partial charge in [0.2, 0.25) is 0 Å². The van der Waals surface area contributed by atoms with Crippen LogP contribution >= 0.6 is 15.9 Å². The molecule has 1 saturated heterocycles. The summed E-state index contributed by atoms with van der Waals surface area (Å²) in [4.78, 5) is 14.2. The first-order valence-electron chi connectivity index (χ1n) is 5.79. The van der Waals surface area contributed by atoms with Crippen molar-refractivity contribution in [1.29, 1.82) is 0 Å². The number of rotatable bonds is 2. The van der Waals surface area contributed by atoms with Gasteiger partial charge in [0.1, 0.15) is 0 Å². The zero-order valence-electron chi connectivity index (χ0n) is 9.86. The van der Waals surface area contributed by atoms with Crippen LogP contribution in [0, 0.1) is 0 Å². The molecule has 0 radical (unpaired) electrons. The standard InChI is InChI=1S/C13H16BrNO2/c1-15(10-6-8-17-9-7-10)13(16)11-4-2-3-5-12(11)14/h2-5,10H,6-9H2,1H3. The van der Waals surface area contributed by atoms with Gasteiger partial charge in [0.25, 0.3) is 5.91 Å². The number of carbonyl (C=O) groups excluding carboxylic acids is 1. The third-order valence-electron chi connectivity index (χ3n) is 3.16. The van der Waals surface area contributed by atoms with Crippen LogP contribution in [0.5, 0.6) is 0 Å². The average Bonchev–Trinajstić information content (AvgIpc) is 2.39. The number of nitrogens with zero attached hydrogens (tertiary/aromatic N) is 1. The van der Waals surface area contributed by atoms with Crippen LogP contribution in [-0.2, 0) is 4.74 Å². The van der Waals surface area contributed by atoms with E-state index in [2.05, 4.69) is 15.9 Å². The number of amides is 1. The van der Waals surface area contributed by atoms with Crippen LogP contribution in [0.1, 0.15) is 23.2 Å². The maximum atomic E-state index is 12.3. The Kier molecular flexibility index (Phi) is 4.18. The molecule has 0 aromatic heterocycles. The first kappa shape index (κ1) is 12.6. The van der Waals surface area contributed by atoms with Crippen molar-refractivity contribution in [1.82, 2.24) is 4.90 Å². The second-order valence-corrected chi connectivity index (χ2v) is 5.09. The van der Waals surface area contributed by atoms with Crippen LogP contribution in [0.15, 0.2) is 28.7 Å². The van der Waals surface area contributed by atoms with E-state index in [0.29, 0.717) is 6.04 Å². The molecule has 1 fully saturated rings. The predicted molar refractivity (Wildman–Crippen MR) is 70.1 cm³/mol. The third kappa shape index (κ3) is 2.87. The summed E-state index contributed by atoms with van der Waals surface area (Å²) in [5.74, 6) is 0.0735. The van der Waals surface area contributed by atoms with Gasteiger partial charge in [-0.3, -0.25) is 4.79 Å². The second-order valence-electron chi connectivity index (χ2n) is 4.24. The lowest BCUT2D eigenvalue weighted by atomic mass is 10.1. The van der Waals surface area contributed by atoms with E-state index >= 15 is 0 Å². The summed E-state index contributed by atoms with van der Waals surface area (Å²) in [6.45, 7) is 1.50. The van der Waals surface area contributed by atoms with Crippen LogP contribution in [0.25, 0.3) is 0 Å². The second kappa shape index (κ2) is 5.65. The van der Waals surface area contributed by atoms with E-state index < -0.39 is 0 Å². The summed E-state index contributed by atoms with van der Waals surface area (Å²) in [7, 11) is 1.87. The van der Waals surface area contributed by atoms with Gasteiger partial charge in [-0.15, -0.1) is 0 Å². The molecule has 1 aliphatic heterocycles. The summed E-state index contributed by atoms with van der Waals surface area (Å²) >= 11 is 3.42. The van der Waals surface area contributed by atoms with Crippen molar-refractivity contribution in [3.63, 3.8) is 0 Å². The lowest BCUT2D eigenvalue weighted by molar-refractivity contribution is 0.0361. The molecule has 0 unspecified atom stereocenters. The zero-order valence-corrected chi connectivity index (χ0v) is 11.4. The Morgan fingerprint density at radius 2 is 2.00 bits per heavy atom. The fraction of sp³-hybridized carbons (Fsp3) is 0.462. The highest BCUT2D eigenvalue weighted by Gasteiger charge is 2.24. The Morgan fingerprint density at radius 3 is 2.65 bits per heavy atom. The minimum absolute atomic E-state index is 0.0735. The summed E-state index contributed by atoms with van der Waals surface area (Å²) in [6, 6.07) is 7.83. The molecule has 0 aliphatic carbocycles. The minimum atomic E-state index is 0.0735. The number of halogens is 1. The highest BCUT2D eigenvalue weighted by atomic mass is 79.9. The quantitative estimate of drug-likeness (QED) is 0.840. The first-order chi connectivity index (χ1) is 8.20. The number of ether oxygens (including phenoxy) is 1. The molecule has 1 amide bonds. The van der Waals surface area contributed by atoms with Gasteiger partial charge in [0.05, 0.1) is 5.56 Å². The van der Waals surface area contributed by atoms with Crippen molar-refractivity contribution < 1.29 is 9.53 Å². The first-order valence-corrected chi connectivity index (χ1v) is 6.59. The molecule has 1 aromatic carbocycles. The lowest BCUT2D eigenvalue weighted by Crippen LogP contribution is -2.40. The number of carbonyl (C=O) groups is 1. The van der Waals surface area contributed by atoms with Crippen molar-refractivity contribution in [2.24, 2.45) is 0 Å². The summed E-state index contributed by atoms with van der Waals surface area (Å²) in [6.07, 6.45) is 1.85. The predicted octanol–water partition coefficient (Wildman–Crippen LogP) is 2.70. The van der Waals surface area contributed by atoms with E-state index in [9.17, 15) is 4.79 Å². The van der Waals surface area contributed by atoms with Crippen LogP contribution in [0.3, 0.4) is 0 Å². The van der Waals surface area contributed by atoms with Crippen molar-refractivity contribution in [2.45, 2.75) is 18.9 Å². The maximum Gasteiger partial charge on any atom is 0.254 e. The number of benzene rings is 1. The van der Waals surface area contributed by atoms with Gasteiger partial charge in [-0.25, -0.2) is 0 Å². The van der Waals surface area contributed by atoms with Gasteiger partial charge >= 0.3 is 0 Å². The Hall–Kier alpha value is -0.870. The normalized spacial score (nSPS) is 16.8. The van der Waals surface area contributed by atoms with Gasteiger partial charge in [-0.1, -0.05) is 12.1 Å². The van der Waals surface area contributed by atoms with Crippen molar-refractivity contribution in [3.8, 4) is 0 Å². The minimum Gasteiger partial charge on any atom is -0.381 e. The molecular formula is C13H16BrNO2. The summed E-state index contributed by atoms with van der Waals surface area (Å²) < 4.78 is 6.16. The van der Waals surface area contributed by atoms with E-state index in [1.807, 2.05) is 36.2 Å². The molecule has 2 rings (SSSR count). The zero-order chi connectivity index (χ0) is 12.3. The summed E-state index contributed by atoms with van der Waals surface area (Å²) in [5, 5.41) is 0. The van der Waals surface area contributed by atoms with Crippen LogP contribution < -0.4 is 0 Å². The molecule has 1 aliphatic rings. The van der Waals surface area contributed by atoms with Crippen molar-refractivity contribution in [3.05, 3.63) is 34.3 Å². The van der Waals surface area contributed by atoms with E-state index in [4.69, 9.17) is 4.74 Å². The van der Waals surface area contributed by atoms with Crippen molar-refractivity contribution in [2.75, 3.05) is 20.3 Å². The lowest BCUT2D eigenvalue weighted by Gasteiger charge is -2.31. The van der Waals surface area contributed by atoms with E-state index in [1.165, 1.54) is 0 Å². The molecule has 0 spiro atoms. The molecule has 92 valence electrons. The molecule has 4 heteroatoms. The maximum absolute atomic E-state index is 12.3. The SMILES string of the molecule is CN(C(=O)c1ccccc1Br)C1CCOCC1. The van der Waals surface area contributed by atoms with Crippen molar-refractivity contribution >= 4 is 21.8 Å². The summed E-state index contributed by atoms with van der Waals surface area (Å²) in [5.41, 5.74) is 0.724. The largest absolute Gasteiger partial charge is 0.381 e. The molecule has 0 saturated carbocycles. The van der Waals surface area contributed by atoms with Gasteiger partial charge in [-0.05, 0) is 40.9 Å². The molecule has 0 N–H and O–H groups in total. The highest BCUT2D eigenvalue weighted by molar-refractivity contribution is 9.10. The topological polar surface area (TPSA) is 29.5 Å².